The number of nitrogens with zero attached hydrogens (tertiary/aromatic N) is 3. The summed E-state index contributed by atoms with van der Waals surface area (Å²) in [7, 11) is -2.38. The molecule has 0 saturated heterocycles. The van der Waals surface area contributed by atoms with E-state index in [2.05, 4.69) is 45.0 Å². The SMILES string of the molecule is CC(C)(C)S(=O)N=Cc1nc2ccn(COCC[Si](C)(C)C)c2cc1Br. The first-order chi connectivity index (χ1) is 12.0. The molecule has 0 aromatic carbocycles. The van der Waals surface area contributed by atoms with Gasteiger partial charge in [0.25, 0.3) is 0 Å². The van der Waals surface area contributed by atoms with Crippen LogP contribution in [0.4, 0.5) is 0 Å². The highest BCUT2D eigenvalue weighted by Crippen LogP contribution is 2.22. The molecule has 2 aromatic heterocycles. The molecule has 0 saturated carbocycles. The first-order valence-corrected chi connectivity index (χ1v) is 14.3. The minimum absolute atomic E-state index is 0.385. The lowest BCUT2D eigenvalue weighted by Gasteiger charge is -2.15. The first kappa shape index (κ1) is 21.5. The zero-order valence-electron chi connectivity index (χ0n) is 16.4. The van der Waals surface area contributed by atoms with Crippen LogP contribution in [0.1, 0.15) is 26.5 Å². The van der Waals surface area contributed by atoms with Crippen LogP contribution in [-0.2, 0) is 22.5 Å². The van der Waals surface area contributed by atoms with Gasteiger partial charge in [-0.15, -0.1) is 0 Å². The summed E-state index contributed by atoms with van der Waals surface area (Å²) in [4.78, 5) is 4.62. The fourth-order valence-electron chi connectivity index (χ4n) is 2.10. The van der Waals surface area contributed by atoms with Crippen molar-refractivity contribution in [1.29, 1.82) is 0 Å². The fraction of sp³-hybridized carbons (Fsp3) is 0.556. The average Bonchev–Trinajstić information content (AvgIpc) is 2.89. The molecular formula is C18H28BrN3O2SSi. The van der Waals surface area contributed by atoms with Crippen molar-refractivity contribution in [3.05, 3.63) is 28.5 Å². The van der Waals surface area contributed by atoms with Gasteiger partial charge in [0, 0.05) is 25.4 Å². The summed E-state index contributed by atoms with van der Waals surface area (Å²) >= 11 is 3.54. The standard InChI is InChI=1S/C18H28BrN3O2SSi/c1-18(2,3)25(23)20-12-16-14(19)11-17-15(21-16)7-8-22(17)13-24-9-10-26(4,5)6/h7-8,11-12H,9-10,13H2,1-6H3. The van der Waals surface area contributed by atoms with Crippen LogP contribution in [0.3, 0.4) is 0 Å². The number of rotatable bonds is 7. The third-order valence-electron chi connectivity index (χ3n) is 3.75. The topological polar surface area (TPSA) is 56.5 Å². The first-order valence-electron chi connectivity index (χ1n) is 8.66. The van der Waals surface area contributed by atoms with Crippen LogP contribution in [0.5, 0.6) is 0 Å². The lowest BCUT2D eigenvalue weighted by Crippen LogP contribution is -2.21. The smallest absolute Gasteiger partial charge is 0.144 e. The monoisotopic (exact) mass is 457 g/mol. The molecule has 2 rings (SSSR count). The van der Waals surface area contributed by atoms with Crippen molar-refractivity contribution >= 4 is 52.2 Å². The third-order valence-corrected chi connectivity index (χ3v) is 7.44. The van der Waals surface area contributed by atoms with Crippen LogP contribution >= 0.6 is 15.9 Å². The molecule has 0 fully saturated rings. The Bertz CT molecular complexity index is 822. The molecule has 0 N–H and O–H groups in total. The molecule has 0 aliphatic heterocycles. The minimum atomic E-state index is -1.30. The van der Waals surface area contributed by atoms with Gasteiger partial charge in [-0.05, 0) is 54.9 Å². The minimum Gasteiger partial charge on any atom is -0.361 e. The molecule has 26 heavy (non-hydrogen) atoms. The molecule has 0 spiro atoms. The molecule has 2 heterocycles. The molecule has 0 aliphatic rings. The number of aromatic nitrogens is 2. The van der Waals surface area contributed by atoms with E-state index in [-0.39, 0.29) is 4.75 Å². The maximum atomic E-state index is 12.1. The van der Waals surface area contributed by atoms with E-state index in [1.165, 1.54) is 0 Å². The van der Waals surface area contributed by atoms with Crippen LogP contribution in [0.2, 0.25) is 25.7 Å². The van der Waals surface area contributed by atoms with Crippen LogP contribution in [0, 0.1) is 0 Å². The van der Waals surface area contributed by atoms with Crippen molar-refractivity contribution in [3.63, 3.8) is 0 Å². The van der Waals surface area contributed by atoms with Gasteiger partial charge in [0.15, 0.2) is 0 Å². The van der Waals surface area contributed by atoms with E-state index in [0.717, 1.165) is 28.2 Å². The Morgan fingerprint density at radius 3 is 2.69 bits per heavy atom. The second kappa shape index (κ2) is 8.46. The van der Waals surface area contributed by atoms with E-state index in [0.29, 0.717) is 12.4 Å². The third kappa shape index (κ3) is 6.11. The molecule has 0 amide bonds. The summed E-state index contributed by atoms with van der Waals surface area (Å²) in [5, 5.41) is 0. The largest absolute Gasteiger partial charge is 0.361 e. The second-order valence-electron chi connectivity index (χ2n) is 8.49. The zero-order valence-corrected chi connectivity index (χ0v) is 19.8. The van der Waals surface area contributed by atoms with Crippen molar-refractivity contribution in [1.82, 2.24) is 9.55 Å². The van der Waals surface area contributed by atoms with Crippen molar-refractivity contribution in [2.24, 2.45) is 4.40 Å². The summed E-state index contributed by atoms with van der Waals surface area (Å²) in [6.07, 6.45) is 3.56. The van der Waals surface area contributed by atoms with E-state index in [1.807, 2.05) is 43.7 Å². The maximum absolute atomic E-state index is 12.1. The predicted molar refractivity (Wildman–Crippen MR) is 117 cm³/mol. The Labute approximate surface area is 168 Å². The molecule has 1 atom stereocenters. The molecular weight excluding hydrogens is 430 g/mol. The van der Waals surface area contributed by atoms with E-state index < -0.39 is 19.1 Å². The Balaban J connectivity index is 2.13. The Morgan fingerprint density at radius 2 is 2.08 bits per heavy atom. The van der Waals surface area contributed by atoms with Gasteiger partial charge >= 0.3 is 0 Å². The highest BCUT2D eigenvalue weighted by Gasteiger charge is 2.18. The number of fused-ring (bicyclic) bond motifs is 1. The molecule has 0 radical (unpaired) electrons. The van der Waals surface area contributed by atoms with Crippen molar-refractivity contribution in [2.45, 2.75) is 57.9 Å². The van der Waals surface area contributed by atoms with Crippen LogP contribution in [0.15, 0.2) is 27.2 Å². The zero-order chi connectivity index (χ0) is 19.5. The lowest BCUT2D eigenvalue weighted by molar-refractivity contribution is 0.0902. The highest BCUT2D eigenvalue weighted by molar-refractivity contribution is 9.10. The van der Waals surface area contributed by atoms with Gasteiger partial charge in [0.05, 0.1) is 27.7 Å². The highest BCUT2D eigenvalue weighted by atomic mass is 79.9. The second-order valence-corrected chi connectivity index (χ2v) is 16.9. The molecule has 144 valence electrons. The molecule has 0 bridgehead atoms. The van der Waals surface area contributed by atoms with Gasteiger partial charge in [-0.25, -0.2) is 9.19 Å². The number of hydrogen-bond acceptors (Lipinski definition) is 3. The average molecular weight is 458 g/mol. The van der Waals surface area contributed by atoms with Crippen LogP contribution < -0.4 is 0 Å². The Kier molecular flexibility index (Phi) is 6.98. The quantitative estimate of drug-likeness (QED) is 0.334. The van der Waals surface area contributed by atoms with E-state index in [1.54, 1.807) is 6.21 Å². The van der Waals surface area contributed by atoms with E-state index in [4.69, 9.17) is 4.74 Å². The number of pyridine rings is 1. The van der Waals surface area contributed by atoms with Gasteiger partial charge in [0.2, 0.25) is 0 Å². The molecule has 2 aromatic rings. The van der Waals surface area contributed by atoms with E-state index >= 15 is 0 Å². The fourth-order valence-corrected chi connectivity index (χ4v) is 3.78. The summed E-state index contributed by atoms with van der Waals surface area (Å²) in [5.74, 6) is 0. The van der Waals surface area contributed by atoms with Crippen molar-refractivity contribution < 1.29 is 8.95 Å². The normalized spacial score (nSPS) is 14.4. The Morgan fingerprint density at radius 1 is 1.38 bits per heavy atom. The van der Waals surface area contributed by atoms with Gasteiger partial charge < -0.3 is 9.30 Å². The van der Waals surface area contributed by atoms with Crippen molar-refractivity contribution in [2.75, 3.05) is 6.61 Å². The number of halogens is 1. The summed E-state index contributed by atoms with van der Waals surface area (Å²) in [5.41, 5.74) is 2.54. The Hall–Kier alpha value is -0.833. The van der Waals surface area contributed by atoms with Crippen LogP contribution in [-0.4, -0.2) is 39.4 Å². The molecule has 8 heteroatoms. The van der Waals surface area contributed by atoms with Gasteiger partial charge in [-0.3, -0.25) is 0 Å². The molecule has 0 aliphatic carbocycles. The summed E-state index contributed by atoms with van der Waals surface area (Å²) < 4.78 is 24.6. The van der Waals surface area contributed by atoms with Crippen molar-refractivity contribution in [3.8, 4) is 0 Å². The summed E-state index contributed by atoms with van der Waals surface area (Å²) in [6.45, 7) is 14.0. The predicted octanol–water partition coefficient (Wildman–Crippen LogP) is 4.99. The molecule has 5 nitrogen and oxygen atoms in total. The molecule has 1 unspecified atom stereocenters. The lowest BCUT2D eigenvalue weighted by atomic mass is 10.3. The van der Waals surface area contributed by atoms with Crippen LogP contribution in [0.25, 0.3) is 11.0 Å². The number of ether oxygens (including phenoxy) is 1. The summed E-state index contributed by atoms with van der Waals surface area (Å²) in [6, 6.07) is 5.12. The van der Waals surface area contributed by atoms with Gasteiger partial charge in [-0.2, -0.15) is 4.40 Å². The maximum Gasteiger partial charge on any atom is 0.144 e. The van der Waals surface area contributed by atoms with Gasteiger partial charge in [-0.1, -0.05) is 19.6 Å². The van der Waals surface area contributed by atoms with Gasteiger partial charge in [0.1, 0.15) is 17.7 Å². The number of hydrogen-bond donors (Lipinski definition) is 0. The van der Waals surface area contributed by atoms with E-state index in [9.17, 15) is 4.21 Å².